The summed E-state index contributed by atoms with van der Waals surface area (Å²) in [6.45, 7) is 9.08. The quantitative estimate of drug-likeness (QED) is 0.234. The minimum Gasteiger partial charge on any atom is -0.379 e. The Labute approximate surface area is 151 Å². The van der Waals surface area contributed by atoms with Crippen LogP contribution < -0.4 is 0 Å². The van der Waals surface area contributed by atoms with E-state index in [1.54, 1.807) is 0 Å². The second-order valence-electron chi connectivity index (χ2n) is 6.73. The first-order chi connectivity index (χ1) is 11.9. The second-order valence-corrected chi connectivity index (χ2v) is 6.73. The van der Waals surface area contributed by atoms with Gasteiger partial charge in [-0.1, -0.05) is 84.5 Å². The largest absolute Gasteiger partial charge is 0.379 e. The van der Waals surface area contributed by atoms with Crippen LogP contribution >= 0.6 is 0 Å². The number of ether oxygens (including phenoxy) is 3. The van der Waals surface area contributed by atoms with Gasteiger partial charge in [0.15, 0.2) is 0 Å². The maximum atomic E-state index is 5.60. The lowest BCUT2D eigenvalue weighted by Crippen LogP contribution is -2.10. The third-order valence-corrected chi connectivity index (χ3v) is 4.28. The van der Waals surface area contributed by atoms with Crippen LogP contribution in [-0.2, 0) is 14.2 Å². The highest BCUT2D eigenvalue weighted by Crippen LogP contribution is 2.08. The summed E-state index contributed by atoms with van der Waals surface area (Å²) < 4.78 is 16.7. The minimum absolute atomic E-state index is 0.691. The molecule has 0 aromatic heterocycles. The van der Waals surface area contributed by atoms with Crippen molar-refractivity contribution in [2.75, 3.05) is 39.6 Å². The molecule has 0 aliphatic carbocycles. The molecular weight excluding hydrogens is 300 g/mol. The van der Waals surface area contributed by atoms with Crippen molar-refractivity contribution in [3.63, 3.8) is 0 Å². The fraction of sp³-hybridized carbons (Fsp3) is 1.00. The Morgan fingerprint density at radius 1 is 0.333 bits per heavy atom. The fourth-order valence-electron chi connectivity index (χ4n) is 2.69. The topological polar surface area (TPSA) is 27.7 Å². The SMILES string of the molecule is CCCCCCCCCCOCCOCCOCCCCCCC. The van der Waals surface area contributed by atoms with Gasteiger partial charge in [0.2, 0.25) is 0 Å². The summed E-state index contributed by atoms with van der Waals surface area (Å²) in [5, 5.41) is 0. The normalized spacial score (nSPS) is 11.2. The molecule has 0 N–H and O–H groups in total. The predicted molar refractivity (Wildman–Crippen MR) is 104 cm³/mol. The van der Waals surface area contributed by atoms with Crippen LogP contribution in [0.25, 0.3) is 0 Å². The average Bonchev–Trinajstić information content (AvgIpc) is 2.60. The third-order valence-electron chi connectivity index (χ3n) is 4.28. The van der Waals surface area contributed by atoms with Crippen molar-refractivity contribution < 1.29 is 14.2 Å². The van der Waals surface area contributed by atoms with E-state index in [1.165, 1.54) is 83.5 Å². The summed E-state index contributed by atoms with van der Waals surface area (Å²) in [6.07, 6.45) is 17.3. The van der Waals surface area contributed by atoms with Crippen molar-refractivity contribution in [2.45, 2.75) is 97.3 Å². The van der Waals surface area contributed by atoms with Crippen LogP contribution in [0.2, 0.25) is 0 Å². The maximum absolute atomic E-state index is 5.60. The van der Waals surface area contributed by atoms with Crippen molar-refractivity contribution >= 4 is 0 Å². The molecule has 0 saturated heterocycles. The van der Waals surface area contributed by atoms with Gasteiger partial charge >= 0.3 is 0 Å². The molecule has 146 valence electrons. The van der Waals surface area contributed by atoms with Gasteiger partial charge in [0.25, 0.3) is 0 Å². The van der Waals surface area contributed by atoms with Crippen LogP contribution in [0.4, 0.5) is 0 Å². The lowest BCUT2D eigenvalue weighted by Gasteiger charge is -2.07. The molecule has 0 amide bonds. The molecule has 0 unspecified atom stereocenters. The van der Waals surface area contributed by atoms with E-state index in [0.29, 0.717) is 26.4 Å². The van der Waals surface area contributed by atoms with Crippen molar-refractivity contribution in [3.8, 4) is 0 Å². The predicted octanol–water partition coefficient (Wildman–Crippen LogP) is 6.15. The van der Waals surface area contributed by atoms with Crippen LogP contribution in [0.3, 0.4) is 0 Å². The van der Waals surface area contributed by atoms with E-state index in [4.69, 9.17) is 14.2 Å². The number of unbranched alkanes of at least 4 members (excludes halogenated alkanes) is 11. The number of hydrogen-bond donors (Lipinski definition) is 0. The summed E-state index contributed by atoms with van der Waals surface area (Å²) in [7, 11) is 0. The molecular formula is C21H44O3. The zero-order valence-corrected chi connectivity index (χ0v) is 16.7. The monoisotopic (exact) mass is 344 g/mol. The zero-order chi connectivity index (χ0) is 17.6. The molecule has 0 aromatic rings. The first-order valence-electron chi connectivity index (χ1n) is 10.6. The number of hydrogen-bond acceptors (Lipinski definition) is 3. The van der Waals surface area contributed by atoms with E-state index in [9.17, 15) is 0 Å². The van der Waals surface area contributed by atoms with Gasteiger partial charge in [0.05, 0.1) is 26.4 Å². The Hall–Kier alpha value is -0.120. The summed E-state index contributed by atoms with van der Waals surface area (Å²) in [5.41, 5.74) is 0. The van der Waals surface area contributed by atoms with Crippen LogP contribution in [-0.4, -0.2) is 39.6 Å². The van der Waals surface area contributed by atoms with E-state index in [1.807, 2.05) is 0 Å². The van der Waals surface area contributed by atoms with E-state index in [-0.39, 0.29) is 0 Å². The van der Waals surface area contributed by atoms with Crippen molar-refractivity contribution in [1.29, 1.82) is 0 Å². The van der Waals surface area contributed by atoms with Gasteiger partial charge in [-0.05, 0) is 12.8 Å². The molecule has 24 heavy (non-hydrogen) atoms. The van der Waals surface area contributed by atoms with E-state index in [0.717, 1.165) is 13.2 Å². The zero-order valence-electron chi connectivity index (χ0n) is 16.7. The van der Waals surface area contributed by atoms with E-state index < -0.39 is 0 Å². The van der Waals surface area contributed by atoms with Gasteiger partial charge in [0.1, 0.15) is 0 Å². The van der Waals surface area contributed by atoms with Gasteiger partial charge in [-0.25, -0.2) is 0 Å². The molecule has 0 atom stereocenters. The van der Waals surface area contributed by atoms with Crippen LogP contribution in [0.5, 0.6) is 0 Å². The molecule has 3 heteroatoms. The molecule has 0 radical (unpaired) electrons. The average molecular weight is 345 g/mol. The highest BCUT2D eigenvalue weighted by Gasteiger charge is 1.94. The third kappa shape index (κ3) is 21.9. The number of rotatable bonds is 21. The second kappa shape index (κ2) is 22.9. The first-order valence-corrected chi connectivity index (χ1v) is 10.6. The van der Waals surface area contributed by atoms with Crippen LogP contribution in [0, 0.1) is 0 Å². The highest BCUT2D eigenvalue weighted by molar-refractivity contribution is 4.46. The van der Waals surface area contributed by atoms with Gasteiger partial charge in [0, 0.05) is 13.2 Å². The summed E-state index contributed by atoms with van der Waals surface area (Å²) in [5.74, 6) is 0. The molecule has 0 heterocycles. The summed E-state index contributed by atoms with van der Waals surface area (Å²) >= 11 is 0. The Morgan fingerprint density at radius 3 is 1.00 bits per heavy atom. The van der Waals surface area contributed by atoms with Gasteiger partial charge in [-0.3, -0.25) is 0 Å². The Balaban J connectivity index is 2.93. The van der Waals surface area contributed by atoms with Crippen molar-refractivity contribution in [2.24, 2.45) is 0 Å². The van der Waals surface area contributed by atoms with E-state index >= 15 is 0 Å². The molecule has 0 rings (SSSR count). The highest BCUT2D eigenvalue weighted by atomic mass is 16.5. The van der Waals surface area contributed by atoms with Gasteiger partial charge < -0.3 is 14.2 Å². The molecule has 0 saturated carbocycles. The Kier molecular flexibility index (Phi) is 22.8. The molecule has 0 aliphatic rings. The summed E-state index contributed by atoms with van der Waals surface area (Å²) in [6, 6.07) is 0. The standard InChI is InChI=1S/C21H44O3/c1-3-5-7-9-10-11-13-15-17-23-19-21-24-20-18-22-16-14-12-8-6-4-2/h3-21H2,1-2H3. The molecule has 0 bridgehead atoms. The lowest BCUT2D eigenvalue weighted by atomic mass is 10.1. The first kappa shape index (κ1) is 23.9. The molecule has 0 spiro atoms. The van der Waals surface area contributed by atoms with Gasteiger partial charge in [-0.2, -0.15) is 0 Å². The molecule has 0 aliphatic heterocycles. The van der Waals surface area contributed by atoms with Crippen molar-refractivity contribution in [1.82, 2.24) is 0 Å². The summed E-state index contributed by atoms with van der Waals surface area (Å²) in [4.78, 5) is 0. The molecule has 0 fully saturated rings. The Morgan fingerprint density at radius 2 is 0.625 bits per heavy atom. The molecule has 0 aromatic carbocycles. The Bertz CT molecular complexity index is 187. The molecule has 3 nitrogen and oxygen atoms in total. The lowest BCUT2D eigenvalue weighted by molar-refractivity contribution is 0.0132. The van der Waals surface area contributed by atoms with Crippen molar-refractivity contribution in [3.05, 3.63) is 0 Å². The van der Waals surface area contributed by atoms with Gasteiger partial charge in [-0.15, -0.1) is 0 Å². The van der Waals surface area contributed by atoms with E-state index in [2.05, 4.69) is 13.8 Å². The minimum atomic E-state index is 0.691. The van der Waals surface area contributed by atoms with Crippen LogP contribution in [0.15, 0.2) is 0 Å². The fourth-order valence-corrected chi connectivity index (χ4v) is 2.69. The maximum Gasteiger partial charge on any atom is 0.0701 e. The smallest absolute Gasteiger partial charge is 0.0701 e. The van der Waals surface area contributed by atoms with Crippen LogP contribution in [0.1, 0.15) is 97.3 Å².